The van der Waals surface area contributed by atoms with E-state index in [1.165, 1.54) is 12.3 Å². The number of pyridine rings is 2. The molecule has 0 spiro atoms. The second kappa shape index (κ2) is 9.54. The third-order valence-corrected chi connectivity index (χ3v) is 3.99. The Labute approximate surface area is 168 Å². The lowest BCUT2D eigenvalue weighted by Gasteiger charge is -2.12. The van der Waals surface area contributed by atoms with Gasteiger partial charge in [-0.3, -0.25) is 14.6 Å². The molecule has 156 valence electrons. The van der Waals surface area contributed by atoms with Crippen molar-refractivity contribution in [2.45, 2.75) is 46.6 Å². The van der Waals surface area contributed by atoms with Crippen molar-refractivity contribution < 1.29 is 23.1 Å². The average Bonchev–Trinajstić information content (AvgIpc) is 2.64. The number of aryl methyl sites for hydroxylation is 1. The van der Waals surface area contributed by atoms with E-state index in [2.05, 4.69) is 15.3 Å². The van der Waals surface area contributed by atoms with Gasteiger partial charge in [-0.25, -0.2) is 13.8 Å². The van der Waals surface area contributed by atoms with Gasteiger partial charge in [-0.1, -0.05) is 19.9 Å². The number of carbonyl (C=O) groups is 2. The number of aromatic nitrogens is 2. The van der Waals surface area contributed by atoms with Crippen LogP contribution >= 0.6 is 0 Å². The highest BCUT2D eigenvalue weighted by Crippen LogP contribution is 2.15. The molecule has 0 aliphatic heterocycles. The number of ketones is 1. The summed E-state index contributed by atoms with van der Waals surface area (Å²) in [4.78, 5) is 32.7. The van der Waals surface area contributed by atoms with Crippen LogP contribution in [0.1, 0.15) is 48.1 Å². The Hall–Kier alpha value is -2.90. The van der Waals surface area contributed by atoms with E-state index in [0.717, 1.165) is 6.92 Å². The van der Waals surface area contributed by atoms with E-state index in [9.17, 15) is 18.4 Å². The van der Waals surface area contributed by atoms with E-state index in [0.29, 0.717) is 22.5 Å². The number of carbonyl (C=O) groups excluding carboxylic acids is 2. The minimum atomic E-state index is -2.93. The molecule has 0 fully saturated rings. The van der Waals surface area contributed by atoms with Crippen LogP contribution in [0.15, 0.2) is 30.5 Å². The molecule has 0 radical (unpaired) electrons. The predicted octanol–water partition coefficient (Wildman–Crippen LogP) is 3.52. The largest absolute Gasteiger partial charge is 0.471 e. The Morgan fingerprint density at radius 1 is 1.24 bits per heavy atom. The molecule has 2 rings (SSSR count). The molecule has 0 bridgehead atoms. The lowest BCUT2D eigenvalue weighted by molar-refractivity contribution is -0.121. The molecule has 0 saturated carbocycles. The molecule has 6 nitrogen and oxygen atoms in total. The van der Waals surface area contributed by atoms with Crippen molar-refractivity contribution in [1.29, 1.82) is 0 Å². The summed E-state index contributed by atoms with van der Waals surface area (Å²) in [5.74, 6) is -3.19. The maximum Gasteiger partial charge on any atom is 0.278 e. The van der Waals surface area contributed by atoms with Crippen molar-refractivity contribution in [2.24, 2.45) is 5.92 Å². The molecular formula is C21H25F2N3O3. The van der Waals surface area contributed by atoms with Crippen LogP contribution in [0.2, 0.25) is 0 Å². The number of Topliss-reactive ketones (excluding diaryl/α,β-unsaturated/α-hetero) is 1. The maximum absolute atomic E-state index is 12.8. The van der Waals surface area contributed by atoms with Crippen molar-refractivity contribution in [1.82, 2.24) is 15.3 Å². The third-order valence-electron chi connectivity index (χ3n) is 3.99. The van der Waals surface area contributed by atoms with Gasteiger partial charge in [-0.15, -0.1) is 0 Å². The SMILES string of the molecule is Cc1cc(C(=O)NCc2ccc(OCC(C)(F)F)nc2)cc(CC(=O)C(C)C)n1. The Bertz CT molecular complexity index is 862. The number of hydrogen-bond donors (Lipinski definition) is 1. The molecule has 0 aliphatic rings. The molecule has 0 atom stereocenters. The molecule has 1 N–H and O–H groups in total. The van der Waals surface area contributed by atoms with E-state index in [-0.39, 0.29) is 36.5 Å². The normalized spacial score (nSPS) is 11.4. The van der Waals surface area contributed by atoms with Crippen LogP contribution in [0, 0.1) is 12.8 Å². The van der Waals surface area contributed by atoms with Crippen molar-refractivity contribution in [3.8, 4) is 5.88 Å². The monoisotopic (exact) mass is 405 g/mol. The highest BCUT2D eigenvalue weighted by Gasteiger charge is 2.22. The zero-order valence-corrected chi connectivity index (χ0v) is 17.0. The molecule has 8 heteroatoms. The minimum Gasteiger partial charge on any atom is -0.471 e. The van der Waals surface area contributed by atoms with Gasteiger partial charge >= 0.3 is 0 Å². The summed E-state index contributed by atoms with van der Waals surface area (Å²) in [7, 11) is 0. The summed E-state index contributed by atoms with van der Waals surface area (Å²) in [6, 6.07) is 6.38. The fraction of sp³-hybridized carbons (Fsp3) is 0.429. The second-order valence-corrected chi connectivity index (χ2v) is 7.33. The minimum absolute atomic E-state index is 0.0590. The molecule has 0 saturated heterocycles. The summed E-state index contributed by atoms with van der Waals surface area (Å²) in [5.41, 5.74) is 2.32. The molecule has 0 unspecified atom stereocenters. The summed E-state index contributed by atoms with van der Waals surface area (Å²) in [5, 5.41) is 2.77. The van der Waals surface area contributed by atoms with Gasteiger partial charge in [0.2, 0.25) is 5.88 Å². The molecule has 2 aromatic rings. The molecule has 2 heterocycles. The number of ether oxygens (including phenoxy) is 1. The zero-order chi connectivity index (χ0) is 21.6. The Kier molecular flexibility index (Phi) is 7.36. The Morgan fingerprint density at radius 3 is 2.55 bits per heavy atom. The lowest BCUT2D eigenvalue weighted by atomic mass is 10.0. The average molecular weight is 405 g/mol. The zero-order valence-electron chi connectivity index (χ0n) is 17.0. The number of rotatable bonds is 9. The molecule has 0 aliphatic carbocycles. The van der Waals surface area contributed by atoms with Gasteiger partial charge in [0.15, 0.2) is 6.61 Å². The van der Waals surface area contributed by atoms with Gasteiger partial charge < -0.3 is 10.1 Å². The molecule has 29 heavy (non-hydrogen) atoms. The van der Waals surface area contributed by atoms with Crippen LogP contribution in [0.5, 0.6) is 5.88 Å². The van der Waals surface area contributed by atoms with Crippen LogP contribution < -0.4 is 10.1 Å². The number of amides is 1. The molecule has 1 amide bonds. The third kappa shape index (κ3) is 7.56. The van der Waals surface area contributed by atoms with Crippen molar-refractivity contribution in [3.63, 3.8) is 0 Å². The highest BCUT2D eigenvalue weighted by atomic mass is 19.3. The summed E-state index contributed by atoms with van der Waals surface area (Å²) in [6.07, 6.45) is 1.63. The van der Waals surface area contributed by atoms with Crippen LogP contribution in [0.3, 0.4) is 0 Å². The van der Waals surface area contributed by atoms with E-state index >= 15 is 0 Å². The standard InChI is InChI=1S/C21H25F2N3O3/c1-13(2)18(27)9-17-8-16(7-14(3)26-17)20(28)25-11-15-5-6-19(24-10-15)29-12-21(4,22)23/h5-8,10,13H,9,11-12H2,1-4H3,(H,25,28). The number of halogens is 2. The van der Waals surface area contributed by atoms with E-state index in [1.807, 2.05) is 13.8 Å². The van der Waals surface area contributed by atoms with Gasteiger partial charge in [0.05, 0.1) is 0 Å². The van der Waals surface area contributed by atoms with Gasteiger partial charge in [0, 0.05) is 55.0 Å². The first-order valence-electron chi connectivity index (χ1n) is 9.27. The lowest BCUT2D eigenvalue weighted by Crippen LogP contribution is -2.24. The highest BCUT2D eigenvalue weighted by molar-refractivity contribution is 5.94. The van der Waals surface area contributed by atoms with Gasteiger partial charge in [0.1, 0.15) is 5.78 Å². The number of hydrogen-bond acceptors (Lipinski definition) is 5. The van der Waals surface area contributed by atoms with E-state index < -0.39 is 12.5 Å². The number of nitrogens with zero attached hydrogens (tertiary/aromatic N) is 2. The smallest absolute Gasteiger partial charge is 0.278 e. The van der Waals surface area contributed by atoms with E-state index in [1.54, 1.807) is 25.1 Å². The van der Waals surface area contributed by atoms with Crippen LogP contribution in [-0.2, 0) is 17.8 Å². The first kappa shape index (κ1) is 22.4. The van der Waals surface area contributed by atoms with E-state index in [4.69, 9.17) is 4.74 Å². The summed E-state index contributed by atoms with van der Waals surface area (Å²) in [6.45, 7) is 5.63. The van der Waals surface area contributed by atoms with Gasteiger partial charge in [-0.05, 0) is 24.6 Å². The van der Waals surface area contributed by atoms with Crippen molar-refractivity contribution in [3.05, 3.63) is 53.0 Å². The number of alkyl halides is 2. The quantitative estimate of drug-likeness (QED) is 0.690. The molecule has 0 aromatic carbocycles. The summed E-state index contributed by atoms with van der Waals surface area (Å²) >= 11 is 0. The van der Waals surface area contributed by atoms with Crippen molar-refractivity contribution >= 4 is 11.7 Å². The molecular weight excluding hydrogens is 380 g/mol. The molecule has 2 aromatic heterocycles. The van der Waals surface area contributed by atoms with Gasteiger partial charge in [0.25, 0.3) is 11.8 Å². The van der Waals surface area contributed by atoms with Crippen LogP contribution in [-0.4, -0.2) is 34.2 Å². The number of nitrogens with one attached hydrogen (secondary N) is 1. The summed E-state index contributed by atoms with van der Waals surface area (Å²) < 4.78 is 30.5. The maximum atomic E-state index is 12.8. The van der Waals surface area contributed by atoms with Crippen LogP contribution in [0.4, 0.5) is 8.78 Å². The first-order chi connectivity index (χ1) is 13.5. The Morgan fingerprint density at radius 2 is 1.97 bits per heavy atom. The predicted molar refractivity (Wildman–Crippen MR) is 104 cm³/mol. The Balaban J connectivity index is 1.96. The second-order valence-electron chi connectivity index (χ2n) is 7.33. The topological polar surface area (TPSA) is 81.2 Å². The fourth-order valence-electron chi connectivity index (χ4n) is 2.43. The van der Waals surface area contributed by atoms with Gasteiger partial charge in [-0.2, -0.15) is 0 Å². The van der Waals surface area contributed by atoms with Crippen LogP contribution in [0.25, 0.3) is 0 Å². The van der Waals surface area contributed by atoms with Crippen molar-refractivity contribution in [2.75, 3.05) is 6.61 Å². The first-order valence-corrected chi connectivity index (χ1v) is 9.27. The fourth-order valence-corrected chi connectivity index (χ4v) is 2.43.